The number of carboxylic acids is 1. The highest BCUT2D eigenvalue weighted by Gasteiger charge is 2.29. The zero-order valence-corrected chi connectivity index (χ0v) is 21.9. The first kappa shape index (κ1) is 30.6. The molecule has 0 unspecified atom stereocenters. The van der Waals surface area contributed by atoms with E-state index in [1.54, 1.807) is 19.9 Å². The molecule has 0 saturated carbocycles. The molecular formula is C23H32N6O8S. The molecule has 2 aromatic rings. The molecule has 1 fully saturated rings. The molecule has 2 heterocycles. The number of carboxylic acid groups (broad SMARTS) is 1. The number of carbonyl (C=O) groups is 3. The molecule has 1 aliphatic rings. The third-order valence-electron chi connectivity index (χ3n) is 5.00. The maximum Gasteiger partial charge on any atom is 0.339 e. The number of hydrogen-bond acceptors (Lipinski definition) is 11. The number of aliphatic carboxylic acids is 1. The molecule has 1 aromatic heterocycles. The van der Waals surface area contributed by atoms with Gasteiger partial charge in [0.2, 0.25) is 5.95 Å². The number of nitrogens with zero attached hydrogens (tertiary/aromatic N) is 2. The molecule has 208 valence electrons. The van der Waals surface area contributed by atoms with Crippen molar-refractivity contribution >= 4 is 33.9 Å². The first-order valence-corrected chi connectivity index (χ1v) is 13.1. The smallest absolute Gasteiger partial charge is 0.339 e. The summed E-state index contributed by atoms with van der Waals surface area (Å²) in [6, 6.07) is 5.37. The van der Waals surface area contributed by atoms with E-state index in [1.807, 2.05) is 4.72 Å². The summed E-state index contributed by atoms with van der Waals surface area (Å²) in [5, 5.41) is 10.6. The Morgan fingerprint density at radius 1 is 1.16 bits per heavy atom. The van der Waals surface area contributed by atoms with Gasteiger partial charge in [0.1, 0.15) is 17.0 Å². The molecule has 7 N–H and O–H groups in total. The van der Waals surface area contributed by atoms with Crippen LogP contribution in [-0.2, 0) is 24.3 Å². The molecule has 0 bridgehead atoms. The highest BCUT2D eigenvalue weighted by molar-refractivity contribution is 7.90. The molecule has 1 saturated heterocycles. The van der Waals surface area contributed by atoms with Crippen LogP contribution in [0.15, 0.2) is 35.2 Å². The Balaban J connectivity index is 0.000000432. The Morgan fingerprint density at radius 3 is 2.34 bits per heavy atom. The van der Waals surface area contributed by atoms with Crippen molar-refractivity contribution < 1.29 is 37.4 Å². The Hall–Kier alpha value is -3.66. The van der Waals surface area contributed by atoms with Crippen molar-refractivity contribution in [3.8, 4) is 0 Å². The fraction of sp³-hybridized carbons (Fsp3) is 0.435. The standard InChI is InChI=1S/C17H18N4O6S.C6H14N2O2/c1-10-7-11(2)19-16(18-10)20-17(23)21-28(24,25)14-6-4-3-5-13(14)15(22)27-12-8-26-9-12;7-4-2-1-3-5(8)6(9)10/h3-7,12H,8-9H2,1-2H3,(H2,18,19,20,21,23);5H,1-4,7-8H2,(H,9,10)/t;5-/m.0/s1. The van der Waals surface area contributed by atoms with Crippen LogP contribution in [0.3, 0.4) is 0 Å². The maximum absolute atomic E-state index is 12.6. The molecule has 0 spiro atoms. The van der Waals surface area contributed by atoms with Crippen LogP contribution >= 0.6 is 0 Å². The second-order valence-corrected chi connectivity index (χ2v) is 9.97. The molecule has 38 heavy (non-hydrogen) atoms. The Kier molecular flexibility index (Phi) is 11.5. The van der Waals surface area contributed by atoms with Gasteiger partial charge in [-0.2, -0.15) is 0 Å². The zero-order chi connectivity index (χ0) is 28.3. The first-order chi connectivity index (χ1) is 17.9. The summed E-state index contributed by atoms with van der Waals surface area (Å²) in [5.74, 6) is -1.78. The van der Waals surface area contributed by atoms with Gasteiger partial charge >= 0.3 is 18.0 Å². The van der Waals surface area contributed by atoms with Crippen molar-refractivity contribution in [2.75, 3.05) is 25.1 Å². The molecule has 0 aliphatic carbocycles. The first-order valence-electron chi connectivity index (χ1n) is 11.6. The van der Waals surface area contributed by atoms with Gasteiger partial charge in [0, 0.05) is 11.4 Å². The summed E-state index contributed by atoms with van der Waals surface area (Å²) in [6.07, 6.45) is 1.75. The van der Waals surface area contributed by atoms with Gasteiger partial charge in [0.15, 0.2) is 0 Å². The Bertz CT molecular complexity index is 1220. The van der Waals surface area contributed by atoms with Crippen LogP contribution in [0.25, 0.3) is 0 Å². The summed E-state index contributed by atoms with van der Waals surface area (Å²) in [6.45, 7) is 4.55. The number of esters is 1. The van der Waals surface area contributed by atoms with Crippen molar-refractivity contribution in [1.82, 2.24) is 14.7 Å². The average molecular weight is 553 g/mol. The maximum atomic E-state index is 12.6. The second kappa shape index (κ2) is 14.3. The van der Waals surface area contributed by atoms with Gasteiger partial charge in [-0.3, -0.25) is 10.1 Å². The lowest BCUT2D eigenvalue weighted by Gasteiger charge is -2.25. The Labute approximate surface area is 220 Å². The van der Waals surface area contributed by atoms with Crippen LogP contribution in [0, 0.1) is 13.8 Å². The van der Waals surface area contributed by atoms with E-state index in [9.17, 15) is 22.8 Å². The van der Waals surface area contributed by atoms with E-state index in [4.69, 9.17) is 26.0 Å². The molecular weight excluding hydrogens is 520 g/mol. The van der Waals surface area contributed by atoms with E-state index in [0.29, 0.717) is 24.4 Å². The fourth-order valence-electron chi connectivity index (χ4n) is 3.08. The van der Waals surface area contributed by atoms with Gasteiger partial charge in [0.25, 0.3) is 10.0 Å². The monoisotopic (exact) mass is 552 g/mol. The van der Waals surface area contributed by atoms with Crippen molar-refractivity contribution in [2.24, 2.45) is 11.5 Å². The molecule has 2 amide bonds. The average Bonchev–Trinajstić information content (AvgIpc) is 2.80. The fourth-order valence-corrected chi connectivity index (χ4v) is 4.19. The van der Waals surface area contributed by atoms with Crippen LogP contribution in [0.2, 0.25) is 0 Å². The van der Waals surface area contributed by atoms with E-state index in [-0.39, 0.29) is 29.6 Å². The summed E-state index contributed by atoms with van der Waals surface area (Å²) >= 11 is 0. The number of aromatic nitrogens is 2. The number of ether oxygens (including phenoxy) is 2. The van der Waals surface area contributed by atoms with Crippen molar-refractivity contribution in [3.63, 3.8) is 0 Å². The number of rotatable bonds is 10. The van der Waals surface area contributed by atoms with E-state index < -0.39 is 40.1 Å². The van der Waals surface area contributed by atoms with Crippen LogP contribution in [-0.4, -0.2) is 73.4 Å². The molecule has 14 nitrogen and oxygen atoms in total. The number of urea groups is 1. The van der Waals surface area contributed by atoms with E-state index in [1.165, 1.54) is 24.3 Å². The van der Waals surface area contributed by atoms with Gasteiger partial charge in [-0.25, -0.2) is 32.7 Å². The number of unbranched alkanes of at least 4 members (excludes halogenated alkanes) is 1. The van der Waals surface area contributed by atoms with Gasteiger partial charge in [-0.15, -0.1) is 0 Å². The number of sulfonamides is 1. The molecule has 15 heteroatoms. The lowest BCUT2D eigenvalue weighted by molar-refractivity contribution is -0.138. The molecule has 0 radical (unpaired) electrons. The highest BCUT2D eigenvalue weighted by atomic mass is 32.2. The van der Waals surface area contributed by atoms with Gasteiger partial charge < -0.3 is 26.0 Å². The molecule has 1 atom stereocenters. The number of nitrogens with one attached hydrogen (secondary N) is 2. The van der Waals surface area contributed by atoms with Gasteiger partial charge in [-0.05, 0) is 51.4 Å². The number of hydrogen-bond donors (Lipinski definition) is 5. The molecule has 1 aliphatic heterocycles. The van der Waals surface area contributed by atoms with Crippen LogP contribution in [0.1, 0.15) is 41.0 Å². The lowest BCUT2D eigenvalue weighted by Crippen LogP contribution is -2.39. The largest absolute Gasteiger partial charge is 0.480 e. The van der Waals surface area contributed by atoms with Crippen molar-refractivity contribution in [3.05, 3.63) is 47.3 Å². The van der Waals surface area contributed by atoms with Gasteiger partial charge in [-0.1, -0.05) is 18.6 Å². The number of amides is 2. The molecule has 3 rings (SSSR count). The van der Waals surface area contributed by atoms with E-state index >= 15 is 0 Å². The topological polar surface area (TPSA) is 226 Å². The SMILES string of the molecule is Cc1cc(C)nc(NC(=O)NS(=O)(=O)c2ccccc2C(=O)OC2COC2)n1.NCCCC[C@H](N)C(=O)O. The number of carbonyl (C=O) groups excluding carboxylic acids is 2. The predicted molar refractivity (Wildman–Crippen MR) is 136 cm³/mol. The number of anilines is 1. The summed E-state index contributed by atoms with van der Waals surface area (Å²) in [7, 11) is -4.35. The van der Waals surface area contributed by atoms with Crippen molar-refractivity contribution in [1.29, 1.82) is 0 Å². The minimum atomic E-state index is -4.35. The normalized spacial score (nSPS) is 13.8. The predicted octanol–water partition coefficient (Wildman–Crippen LogP) is 0.687. The minimum absolute atomic E-state index is 0.0390. The highest BCUT2D eigenvalue weighted by Crippen LogP contribution is 2.19. The molecule has 1 aromatic carbocycles. The number of benzene rings is 1. The third kappa shape index (κ3) is 9.66. The summed E-state index contributed by atoms with van der Waals surface area (Å²) < 4.78 is 37.2. The van der Waals surface area contributed by atoms with Crippen LogP contribution in [0.5, 0.6) is 0 Å². The summed E-state index contributed by atoms with van der Waals surface area (Å²) in [5.41, 5.74) is 11.5. The quantitative estimate of drug-likeness (QED) is 0.203. The number of aryl methyl sites for hydroxylation is 2. The zero-order valence-electron chi connectivity index (χ0n) is 21.0. The minimum Gasteiger partial charge on any atom is -0.480 e. The Morgan fingerprint density at radius 2 is 1.79 bits per heavy atom. The second-order valence-electron chi connectivity index (χ2n) is 8.32. The lowest BCUT2D eigenvalue weighted by atomic mass is 10.1. The number of nitrogens with two attached hydrogens (primary N) is 2. The third-order valence-corrected chi connectivity index (χ3v) is 6.39. The van der Waals surface area contributed by atoms with Crippen molar-refractivity contribution in [2.45, 2.75) is 50.2 Å². The van der Waals surface area contributed by atoms with E-state index in [0.717, 1.165) is 12.8 Å². The summed E-state index contributed by atoms with van der Waals surface area (Å²) in [4.78, 5) is 42.2. The van der Waals surface area contributed by atoms with Crippen LogP contribution < -0.4 is 21.5 Å². The van der Waals surface area contributed by atoms with E-state index in [2.05, 4.69) is 15.3 Å². The van der Waals surface area contributed by atoms with Gasteiger partial charge in [0.05, 0.1) is 18.8 Å². The van der Waals surface area contributed by atoms with Crippen LogP contribution in [0.4, 0.5) is 10.7 Å².